The Labute approximate surface area is 192 Å². The van der Waals surface area contributed by atoms with Crippen molar-refractivity contribution < 1.29 is 14.3 Å². The van der Waals surface area contributed by atoms with Crippen molar-refractivity contribution in [2.45, 2.75) is 19.3 Å². The highest BCUT2D eigenvalue weighted by Crippen LogP contribution is 2.30. The Bertz CT molecular complexity index is 1080. The first-order chi connectivity index (χ1) is 15.6. The third-order valence-electron chi connectivity index (χ3n) is 5.49. The Balaban J connectivity index is 1.30. The number of benzene rings is 3. The van der Waals surface area contributed by atoms with Gasteiger partial charge in [0.2, 0.25) is 5.91 Å². The highest BCUT2D eigenvalue weighted by molar-refractivity contribution is 6.30. The minimum atomic E-state index is -0.249. The first kappa shape index (κ1) is 21.9. The van der Waals surface area contributed by atoms with Crippen LogP contribution < -0.4 is 15.4 Å². The molecule has 5 nitrogen and oxygen atoms in total. The molecule has 0 bridgehead atoms. The fourth-order valence-electron chi connectivity index (χ4n) is 3.74. The van der Waals surface area contributed by atoms with Crippen LogP contribution in [0.5, 0.6) is 5.75 Å². The number of aryl methyl sites for hydroxylation is 1. The summed E-state index contributed by atoms with van der Waals surface area (Å²) in [5, 5.41) is 6.50. The largest absolute Gasteiger partial charge is 0.492 e. The van der Waals surface area contributed by atoms with Crippen LogP contribution in [0.4, 0.5) is 5.69 Å². The zero-order valence-electron chi connectivity index (χ0n) is 17.6. The SMILES string of the molecule is O=C(Nc1ccc2c(c1)C[C@@H](C(=O)NCCCc1ccccc1)CO2)c1ccc(Cl)cc1. The lowest BCUT2D eigenvalue weighted by atomic mass is 9.95. The molecule has 1 heterocycles. The van der Waals surface area contributed by atoms with E-state index in [9.17, 15) is 9.59 Å². The van der Waals surface area contributed by atoms with Gasteiger partial charge in [0.25, 0.3) is 5.91 Å². The average Bonchev–Trinajstić information content (AvgIpc) is 2.82. The fraction of sp³-hybridized carbons (Fsp3) is 0.231. The highest BCUT2D eigenvalue weighted by Gasteiger charge is 2.26. The molecule has 1 atom stereocenters. The second-order valence-corrected chi connectivity index (χ2v) is 8.31. The second kappa shape index (κ2) is 10.3. The van der Waals surface area contributed by atoms with Crippen LogP contribution in [0, 0.1) is 5.92 Å². The van der Waals surface area contributed by atoms with Crippen molar-refractivity contribution in [1.82, 2.24) is 5.32 Å². The molecule has 6 heteroatoms. The van der Waals surface area contributed by atoms with Gasteiger partial charge in [-0.05, 0) is 72.9 Å². The molecule has 0 fully saturated rings. The molecular weight excluding hydrogens is 424 g/mol. The van der Waals surface area contributed by atoms with Crippen LogP contribution in [0.3, 0.4) is 0 Å². The van der Waals surface area contributed by atoms with Gasteiger partial charge in [-0.2, -0.15) is 0 Å². The molecule has 0 aromatic heterocycles. The Morgan fingerprint density at radius 1 is 1.00 bits per heavy atom. The summed E-state index contributed by atoms with van der Waals surface area (Å²) in [6.45, 7) is 0.988. The molecule has 3 aromatic carbocycles. The molecule has 32 heavy (non-hydrogen) atoms. The fourth-order valence-corrected chi connectivity index (χ4v) is 3.86. The minimum Gasteiger partial charge on any atom is -0.492 e. The molecular formula is C26H25ClN2O3. The Morgan fingerprint density at radius 3 is 2.56 bits per heavy atom. The summed E-state index contributed by atoms with van der Waals surface area (Å²) in [5.74, 6) is 0.287. The lowest BCUT2D eigenvalue weighted by molar-refractivity contribution is -0.126. The van der Waals surface area contributed by atoms with Gasteiger partial charge in [-0.15, -0.1) is 0 Å². The third kappa shape index (κ3) is 5.68. The van der Waals surface area contributed by atoms with E-state index in [0.29, 0.717) is 35.8 Å². The van der Waals surface area contributed by atoms with Crippen molar-refractivity contribution in [1.29, 1.82) is 0 Å². The average molecular weight is 449 g/mol. The maximum absolute atomic E-state index is 12.6. The van der Waals surface area contributed by atoms with Crippen molar-refractivity contribution in [2.24, 2.45) is 5.92 Å². The van der Waals surface area contributed by atoms with Gasteiger partial charge in [-0.1, -0.05) is 41.9 Å². The van der Waals surface area contributed by atoms with Crippen LogP contribution in [0.25, 0.3) is 0 Å². The van der Waals surface area contributed by atoms with Crippen molar-refractivity contribution in [2.75, 3.05) is 18.5 Å². The van der Waals surface area contributed by atoms with E-state index in [-0.39, 0.29) is 17.7 Å². The van der Waals surface area contributed by atoms with E-state index < -0.39 is 0 Å². The molecule has 0 unspecified atom stereocenters. The molecule has 3 aromatic rings. The van der Waals surface area contributed by atoms with Gasteiger partial charge in [-0.3, -0.25) is 9.59 Å². The lowest BCUT2D eigenvalue weighted by Gasteiger charge is -2.25. The summed E-state index contributed by atoms with van der Waals surface area (Å²) in [6, 6.07) is 22.5. The van der Waals surface area contributed by atoms with E-state index >= 15 is 0 Å². The highest BCUT2D eigenvalue weighted by atomic mass is 35.5. The number of hydrogen-bond acceptors (Lipinski definition) is 3. The maximum atomic E-state index is 12.6. The molecule has 0 aliphatic carbocycles. The first-order valence-electron chi connectivity index (χ1n) is 10.7. The number of anilines is 1. The van der Waals surface area contributed by atoms with Crippen LogP contribution in [-0.4, -0.2) is 25.0 Å². The van der Waals surface area contributed by atoms with Crippen molar-refractivity contribution in [3.05, 3.63) is 94.5 Å². The summed E-state index contributed by atoms with van der Waals surface area (Å²) in [7, 11) is 0. The molecule has 1 aliphatic heterocycles. The summed E-state index contributed by atoms with van der Waals surface area (Å²) in [6.07, 6.45) is 2.40. The predicted octanol–water partition coefficient (Wildman–Crippen LogP) is 4.89. The number of fused-ring (bicyclic) bond motifs is 1. The van der Waals surface area contributed by atoms with E-state index in [1.807, 2.05) is 30.3 Å². The molecule has 0 saturated heterocycles. The van der Waals surface area contributed by atoms with Crippen molar-refractivity contribution >= 4 is 29.1 Å². The van der Waals surface area contributed by atoms with Crippen LogP contribution in [-0.2, 0) is 17.6 Å². The number of rotatable bonds is 7. The zero-order chi connectivity index (χ0) is 22.3. The summed E-state index contributed by atoms with van der Waals surface area (Å²) < 4.78 is 5.80. The molecule has 1 aliphatic rings. The number of carbonyl (C=O) groups is 2. The number of nitrogens with one attached hydrogen (secondary N) is 2. The van der Waals surface area contributed by atoms with E-state index in [0.717, 1.165) is 24.2 Å². The van der Waals surface area contributed by atoms with Crippen LogP contribution in [0.2, 0.25) is 5.02 Å². The van der Waals surface area contributed by atoms with Crippen LogP contribution in [0.1, 0.15) is 27.9 Å². The Morgan fingerprint density at radius 2 is 1.78 bits per heavy atom. The number of hydrogen-bond donors (Lipinski definition) is 2. The molecule has 4 rings (SSSR count). The summed E-state index contributed by atoms with van der Waals surface area (Å²) in [5.41, 5.74) is 3.37. The molecule has 0 spiro atoms. The lowest BCUT2D eigenvalue weighted by Crippen LogP contribution is -2.37. The Kier molecular flexibility index (Phi) is 7.07. The maximum Gasteiger partial charge on any atom is 0.255 e. The quantitative estimate of drug-likeness (QED) is 0.505. The van der Waals surface area contributed by atoms with E-state index in [2.05, 4.69) is 22.8 Å². The van der Waals surface area contributed by atoms with E-state index in [1.54, 1.807) is 30.3 Å². The van der Waals surface area contributed by atoms with Crippen LogP contribution in [0.15, 0.2) is 72.8 Å². The van der Waals surface area contributed by atoms with Gasteiger partial charge in [0.15, 0.2) is 0 Å². The van der Waals surface area contributed by atoms with E-state index in [4.69, 9.17) is 16.3 Å². The smallest absolute Gasteiger partial charge is 0.255 e. The summed E-state index contributed by atoms with van der Waals surface area (Å²) in [4.78, 5) is 25.1. The summed E-state index contributed by atoms with van der Waals surface area (Å²) >= 11 is 5.88. The van der Waals surface area contributed by atoms with Crippen molar-refractivity contribution in [3.8, 4) is 5.75 Å². The van der Waals surface area contributed by atoms with Gasteiger partial charge in [0.05, 0.1) is 5.92 Å². The molecule has 0 saturated carbocycles. The number of ether oxygens (including phenoxy) is 1. The zero-order valence-corrected chi connectivity index (χ0v) is 18.4. The number of amides is 2. The Hall–Kier alpha value is -3.31. The van der Waals surface area contributed by atoms with Crippen molar-refractivity contribution in [3.63, 3.8) is 0 Å². The second-order valence-electron chi connectivity index (χ2n) is 7.88. The molecule has 0 radical (unpaired) electrons. The molecule has 2 amide bonds. The monoisotopic (exact) mass is 448 g/mol. The van der Waals surface area contributed by atoms with E-state index in [1.165, 1.54) is 5.56 Å². The van der Waals surface area contributed by atoms with Gasteiger partial charge < -0.3 is 15.4 Å². The minimum absolute atomic E-state index is 0.000635. The molecule has 2 N–H and O–H groups in total. The standard InChI is InChI=1S/C26H25ClN2O3/c27-22-10-8-19(9-11-22)26(31)29-23-12-13-24-20(16-23)15-21(17-32-24)25(30)28-14-4-7-18-5-2-1-3-6-18/h1-3,5-6,8-13,16,21H,4,7,14-15,17H2,(H,28,30)(H,29,31)/t21-/m1/s1. The van der Waals surface area contributed by atoms with Gasteiger partial charge >= 0.3 is 0 Å². The normalized spacial score (nSPS) is 14.7. The topological polar surface area (TPSA) is 67.4 Å². The number of halogens is 1. The third-order valence-corrected chi connectivity index (χ3v) is 5.74. The first-order valence-corrected chi connectivity index (χ1v) is 11.1. The van der Waals surface area contributed by atoms with Gasteiger partial charge in [0, 0.05) is 22.8 Å². The number of carbonyl (C=O) groups excluding carboxylic acids is 2. The van der Waals surface area contributed by atoms with Gasteiger partial charge in [0.1, 0.15) is 12.4 Å². The van der Waals surface area contributed by atoms with Gasteiger partial charge in [-0.25, -0.2) is 0 Å². The predicted molar refractivity (Wildman–Crippen MR) is 126 cm³/mol. The molecule has 164 valence electrons. The van der Waals surface area contributed by atoms with Crippen LogP contribution >= 0.6 is 11.6 Å².